The summed E-state index contributed by atoms with van der Waals surface area (Å²) in [6.45, 7) is 2.48. The van der Waals surface area contributed by atoms with Crippen molar-refractivity contribution in [2.45, 2.75) is 37.1 Å². The number of aryl methyl sites for hydroxylation is 1. The van der Waals surface area contributed by atoms with E-state index in [2.05, 4.69) is 15.9 Å². The minimum Gasteiger partial charge on any atom is -0.330 e. The van der Waals surface area contributed by atoms with Crippen molar-refractivity contribution in [2.75, 3.05) is 13.6 Å². The van der Waals surface area contributed by atoms with Crippen LogP contribution in [-0.2, 0) is 10.0 Å². The van der Waals surface area contributed by atoms with Crippen LogP contribution < -0.4 is 5.73 Å². The van der Waals surface area contributed by atoms with Crippen molar-refractivity contribution in [3.05, 3.63) is 28.2 Å². The maximum absolute atomic E-state index is 12.8. The Morgan fingerprint density at radius 2 is 2.10 bits per heavy atom. The van der Waals surface area contributed by atoms with Crippen molar-refractivity contribution in [2.24, 2.45) is 11.7 Å². The number of benzene rings is 1. The molecule has 0 saturated heterocycles. The van der Waals surface area contributed by atoms with Gasteiger partial charge in [0.2, 0.25) is 10.0 Å². The number of sulfonamides is 1. The van der Waals surface area contributed by atoms with Gasteiger partial charge in [0.15, 0.2) is 0 Å². The highest BCUT2D eigenvalue weighted by atomic mass is 79.9. The first-order valence-electron chi connectivity index (χ1n) is 6.82. The molecule has 4 nitrogen and oxygen atoms in total. The van der Waals surface area contributed by atoms with Crippen LogP contribution in [0.1, 0.15) is 24.8 Å². The third kappa shape index (κ3) is 2.93. The van der Waals surface area contributed by atoms with Crippen molar-refractivity contribution >= 4 is 26.0 Å². The van der Waals surface area contributed by atoms with Gasteiger partial charge in [-0.1, -0.05) is 12.5 Å². The van der Waals surface area contributed by atoms with E-state index in [9.17, 15) is 8.42 Å². The number of hydrogen-bond donors (Lipinski definition) is 1. The standard InChI is InChI=1S/C14H21BrN2O2S/c1-10-6-7-14(12(15)8-10)20(18,19)17(2)13-5-3-4-11(13)9-16/h6-8,11,13H,3-5,9,16H2,1-2H3. The quantitative estimate of drug-likeness (QED) is 0.896. The molecule has 1 aliphatic carbocycles. The molecule has 2 N–H and O–H groups in total. The summed E-state index contributed by atoms with van der Waals surface area (Å²) in [5.74, 6) is 0.263. The lowest BCUT2D eigenvalue weighted by molar-refractivity contribution is 0.304. The fraction of sp³-hybridized carbons (Fsp3) is 0.571. The molecule has 6 heteroatoms. The first kappa shape index (κ1) is 15.9. The van der Waals surface area contributed by atoms with Crippen LogP contribution in [0.15, 0.2) is 27.6 Å². The summed E-state index contributed by atoms with van der Waals surface area (Å²) in [5.41, 5.74) is 6.79. The van der Waals surface area contributed by atoms with Gasteiger partial charge in [0.25, 0.3) is 0 Å². The zero-order valence-electron chi connectivity index (χ0n) is 11.8. The Balaban J connectivity index is 2.34. The van der Waals surface area contributed by atoms with Gasteiger partial charge in [0.05, 0.1) is 4.90 Å². The smallest absolute Gasteiger partial charge is 0.244 e. The normalized spacial score (nSPS) is 23.4. The predicted molar refractivity (Wildman–Crippen MR) is 84.0 cm³/mol. The average Bonchev–Trinajstić information content (AvgIpc) is 2.85. The van der Waals surface area contributed by atoms with Crippen LogP contribution >= 0.6 is 15.9 Å². The summed E-state index contributed by atoms with van der Waals surface area (Å²) in [5, 5.41) is 0. The Bertz CT molecular complexity index is 589. The van der Waals surface area contributed by atoms with Crippen LogP contribution in [0.2, 0.25) is 0 Å². The molecule has 1 saturated carbocycles. The second kappa shape index (κ2) is 6.13. The lowest BCUT2D eigenvalue weighted by Crippen LogP contribution is -2.41. The molecule has 1 aromatic carbocycles. The van der Waals surface area contributed by atoms with E-state index in [-0.39, 0.29) is 12.0 Å². The second-order valence-electron chi connectivity index (χ2n) is 5.45. The van der Waals surface area contributed by atoms with Crippen LogP contribution in [0.25, 0.3) is 0 Å². The van der Waals surface area contributed by atoms with Crippen molar-refractivity contribution in [3.8, 4) is 0 Å². The van der Waals surface area contributed by atoms with Crippen molar-refractivity contribution < 1.29 is 8.42 Å². The molecule has 1 fully saturated rings. The van der Waals surface area contributed by atoms with Gasteiger partial charge in [-0.3, -0.25) is 0 Å². The van der Waals surface area contributed by atoms with Crippen molar-refractivity contribution in [3.63, 3.8) is 0 Å². The predicted octanol–water partition coefficient (Wildman–Crippen LogP) is 2.51. The first-order valence-corrected chi connectivity index (χ1v) is 9.05. The maximum atomic E-state index is 12.8. The van der Waals surface area contributed by atoms with Gasteiger partial charge in [-0.2, -0.15) is 4.31 Å². The minimum absolute atomic E-state index is 0.0122. The summed E-state index contributed by atoms with van der Waals surface area (Å²) < 4.78 is 27.7. The Labute approximate surface area is 129 Å². The van der Waals surface area contributed by atoms with E-state index in [1.165, 1.54) is 4.31 Å². The Morgan fingerprint density at radius 1 is 1.40 bits per heavy atom. The van der Waals surface area contributed by atoms with Crippen LogP contribution in [0.5, 0.6) is 0 Å². The molecule has 0 aromatic heterocycles. The van der Waals surface area contributed by atoms with E-state index in [1.807, 2.05) is 19.1 Å². The van der Waals surface area contributed by atoms with Gasteiger partial charge in [-0.15, -0.1) is 0 Å². The van der Waals surface area contributed by atoms with Gasteiger partial charge in [0, 0.05) is 17.6 Å². The lowest BCUT2D eigenvalue weighted by atomic mass is 10.0. The van der Waals surface area contributed by atoms with Gasteiger partial charge in [-0.05, 0) is 65.9 Å². The summed E-state index contributed by atoms with van der Waals surface area (Å²) in [6, 6.07) is 5.33. The number of hydrogen-bond acceptors (Lipinski definition) is 3. The third-order valence-electron chi connectivity index (χ3n) is 4.13. The SMILES string of the molecule is Cc1ccc(S(=O)(=O)N(C)C2CCCC2CN)c(Br)c1. The number of nitrogens with zero attached hydrogens (tertiary/aromatic N) is 1. The summed E-state index contributed by atoms with van der Waals surface area (Å²) in [4.78, 5) is 0.327. The zero-order chi connectivity index (χ0) is 14.9. The number of nitrogens with two attached hydrogens (primary N) is 1. The molecular formula is C14H21BrN2O2S. The molecule has 0 heterocycles. The molecule has 0 spiro atoms. The van der Waals surface area contributed by atoms with Crippen molar-refractivity contribution in [1.82, 2.24) is 4.31 Å². The Morgan fingerprint density at radius 3 is 2.70 bits per heavy atom. The van der Waals surface area contributed by atoms with Crippen LogP contribution in [0, 0.1) is 12.8 Å². The highest BCUT2D eigenvalue weighted by Gasteiger charge is 2.36. The third-order valence-corrected chi connectivity index (χ3v) is 6.99. The average molecular weight is 361 g/mol. The lowest BCUT2D eigenvalue weighted by Gasteiger charge is -2.28. The molecule has 2 atom stereocenters. The fourth-order valence-corrected chi connectivity index (χ4v) is 5.52. The largest absolute Gasteiger partial charge is 0.330 e. The molecule has 0 amide bonds. The molecule has 2 unspecified atom stereocenters. The topological polar surface area (TPSA) is 63.4 Å². The summed E-state index contributed by atoms with van der Waals surface area (Å²) in [6.07, 6.45) is 2.94. The van der Waals surface area contributed by atoms with Crippen LogP contribution in [0.4, 0.5) is 0 Å². The zero-order valence-corrected chi connectivity index (χ0v) is 14.2. The molecule has 1 aromatic rings. The van der Waals surface area contributed by atoms with E-state index in [1.54, 1.807) is 13.1 Å². The van der Waals surface area contributed by atoms with Crippen LogP contribution in [0.3, 0.4) is 0 Å². The highest BCUT2D eigenvalue weighted by Crippen LogP contribution is 2.33. The van der Waals surface area contributed by atoms with E-state index in [0.717, 1.165) is 24.8 Å². The van der Waals surface area contributed by atoms with Gasteiger partial charge >= 0.3 is 0 Å². The van der Waals surface area contributed by atoms with Gasteiger partial charge in [0.1, 0.15) is 0 Å². The number of halogens is 1. The fourth-order valence-electron chi connectivity index (χ4n) is 2.92. The molecule has 20 heavy (non-hydrogen) atoms. The van der Waals surface area contributed by atoms with Gasteiger partial charge in [-0.25, -0.2) is 8.42 Å². The summed E-state index contributed by atoms with van der Waals surface area (Å²) in [7, 11) is -1.82. The molecular weight excluding hydrogens is 340 g/mol. The Kier molecular flexibility index (Phi) is 4.89. The van der Waals surface area contributed by atoms with E-state index in [4.69, 9.17) is 5.73 Å². The molecule has 1 aliphatic rings. The first-order chi connectivity index (χ1) is 9.37. The number of rotatable bonds is 4. The minimum atomic E-state index is -3.48. The van der Waals surface area contributed by atoms with Gasteiger partial charge < -0.3 is 5.73 Å². The molecule has 0 bridgehead atoms. The Hall–Kier alpha value is -0.430. The van der Waals surface area contributed by atoms with Crippen LogP contribution in [-0.4, -0.2) is 32.4 Å². The van der Waals surface area contributed by atoms with Crippen molar-refractivity contribution in [1.29, 1.82) is 0 Å². The molecule has 0 aliphatic heterocycles. The molecule has 112 valence electrons. The van der Waals surface area contributed by atoms with E-state index >= 15 is 0 Å². The molecule has 0 radical (unpaired) electrons. The van der Waals surface area contributed by atoms with E-state index in [0.29, 0.717) is 15.9 Å². The van der Waals surface area contributed by atoms with E-state index < -0.39 is 10.0 Å². The monoisotopic (exact) mass is 360 g/mol. The second-order valence-corrected chi connectivity index (χ2v) is 8.27. The maximum Gasteiger partial charge on any atom is 0.244 e. The summed E-state index contributed by atoms with van der Waals surface area (Å²) >= 11 is 3.36. The molecule has 2 rings (SSSR count). The highest BCUT2D eigenvalue weighted by molar-refractivity contribution is 9.10.